The van der Waals surface area contributed by atoms with Gasteiger partial charge in [0.15, 0.2) is 0 Å². The van der Waals surface area contributed by atoms with E-state index in [9.17, 15) is 4.79 Å². The van der Waals surface area contributed by atoms with Crippen LogP contribution in [0.4, 0.5) is 5.69 Å². The summed E-state index contributed by atoms with van der Waals surface area (Å²) in [4.78, 5) is 14.4. The average molecular weight is 258 g/mol. The Balaban J connectivity index is 1.50. The minimum atomic E-state index is 0.252. The maximum absolute atomic E-state index is 12.3. The molecule has 0 atom stereocenters. The van der Waals surface area contributed by atoms with Gasteiger partial charge in [0.1, 0.15) is 0 Å². The predicted molar refractivity (Wildman–Crippen MR) is 77.0 cm³/mol. The summed E-state index contributed by atoms with van der Waals surface area (Å²) in [7, 11) is 0. The summed E-state index contributed by atoms with van der Waals surface area (Å²) in [6.45, 7) is 2.38. The Morgan fingerprint density at radius 3 is 2.16 bits per heavy atom. The summed E-state index contributed by atoms with van der Waals surface area (Å²) in [5, 5.41) is 3.22. The number of anilines is 1. The molecule has 0 aliphatic heterocycles. The summed E-state index contributed by atoms with van der Waals surface area (Å²) in [6.07, 6.45) is 5.22. The van der Waals surface area contributed by atoms with Crippen LogP contribution in [-0.2, 0) is 4.79 Å². The van der Waals surface area contributed by atoms with E-state index in [-0.39, 0.29) is 5.91 Å². The number of hydrogen-bond acceptors (Lipinski definition) is 2. The Morgan fingerprint density at radius 2 is 1.63 bits per heavy atom. The molecule has 0 unspecified atom stereocenters. The Kier molecular flexibility index (Phi) is 3.72. The van der Waals surface area contributed by atoms with Crippen molar-refractivity contribution in [3.63, 3.8) is 0 Å². The maximum Gasteiger partial charge on any atom is 0.241 e. The van der Waals surface area contributed by atoms with Crippen LogP contribution < -0.4 is 5.32 Å². The molecule has 3 heteroatoms. The van der Waals surface area contributed by atoms with Crippen molar-refractivity contribution >= 4 is 11.6 Å². The van der Waals surface area contributed by atoms with E-state index in [1.807, 2.05) is 30.3 Å². The number of carbonyl (C=O) groups excluding carboxylic acids is 1. The van der Waals surface area contributed by atoms with Gasteiger partial charge in [0, 0.05) is 18.8 Å². The van der Waals surface area contributed by atoms with Crippen molar-refractivity contribution in [1.29, 1.82) is 0 Å². The van der Waals surface area contributed by atoms with Crippen LogP contribution >= 0.6 is 0 Å². The van der Waals surface area contributed by atoms with E-state index in [1.165, 1.54) is 25.7 Å². The van der Waals surface area contributed by atoms with Crippen molar-refractivity contribution in [2.45, 2.75) is 25.7 Å². The third-order valence-corrected chi connectivity index (χ3v) is 3.92. The number of amides is 1. The standard InChI is InChI=1S/C16H22N2O/c19-16(10-17-15-4-2-1-3-5-15)18(11-13-6-7-13)12-14-8-9-14/h1-5,13-14,17H,6-12H2. The van der Waals surface area contributed by atoms with E-state index in [4.69, 9.17) is 0 Å². The lowest BCUT2D eigenvalue weighted by atomic mass is 10.3. The third-order valence-electron chi connectivity index (χ3n) is 3.92. The monoisotopic (exact) mass is 258 g/mol. The highest BCUT2D eigenvalue weighted by Gasteiger charge is 2.31. The lowest BCUT2D eigenvalue weighted by molar-refractivity contribution is -0.129. The van der Waals surface area contributed by atoms with Gasteiger partial charge in [-0.05, 0) is 49.7 Å². The smallest absolute Gasteiger partial charge is 0.241 e. The first-order chi connectivity index (χ1) is 9.31. The van der Waals surface area contributed by atoms with Gasteiger partial charge in [-0.1, -0.05) is 18.2 Å². The number of rotatable bonds is 7. The molecule has 1 aromatic rings. The first-order valence-electron chi connectivity index (χ1n) is 7.38. The number of hydrogen-bond donors (Lipinski definition) is 1. The number of nitrogens with zero attached hydrogens (tertiary/aromatic N) is 1. The zero-order chi connectivity index (χ0) is 13.1. The molecule has 0 spiro atoms. The van der Waals surface area contributed by atoms with Gasteiger partial charge < -0.3 is 10.2 Å². The van der Waals surface area contributed by atoms with Gasteiger partial charge in [-0.2, -0.15) is 0 Å². The van der Waals surface area contributed by atoms with Crippen LogP contribution in [0.1, 0.15) is 25.7 Å². The molecule has 0 radical (unpaired) electrons. The Bertz CT molecular complexity index is 410. The van der Waals surface area contributed by atoms with Crippen LogP contribution in [0.5, 0.6) is 0 Å². The van der Waals surface area contributed by atoms with Crippen molar-refractivity contribution in [2.75, 3.05) is 25.0 Å². The fraction of sp³-hybridized carbons (Fsp3) is 0.562. The first kappa shape index (κ1) is 12.5. The highest BCUT2D eigenvalue weighted by Crippen LogP contribution is 2.33. The summed E-state index contributed by atoms with van der Waals surface area (Å²) >= 11 is 0. The molecule has 19 heavy (non-hydrogen) atoms. The van der Waals surface area contributed by atoms with Gasteiger partial charge in [-0.3, -0.25) is 4.79 Å². The molecule has 3 rings (SSSR count). The Labute approximate surface area is 115 Å². The van der Waals surface area contributed by atoms with Crippen molar-refractivity contribution in [3.05, 3.63) is 30.3 Å². The van der Waals surface area contributed by atoms with Crippen LogP contribution in [0, 0.1) is 11.8 Å². The normalized spacial score (nSPS) is 18.1. The molecule has 0 heterocycles. The third kappa shape index (κ3) is 3.98. The predicted octanol–water partition coefficient (Wildman–Crippen LogP) is 2.75. The van der Waals surface area contributed by atoms with Crippen LogP contribution in [0.25, 0.3) is 0 Å². The molecule has 2 saturated carbocycles. The van der Waals surface area contributed by atoms with Crippen molar-refractivity contribution in [1.82, 2.24) is 4.90 Å². The van der Waals surface area contributed by atoms with E-state index >= 15 is 0 Å². The minimum Gasteiger partial charge on any atom is -0.376 e. The van der Waals surface area contributed by atoms with Crippen molar-refractivity contribution in [3.8, 4) is 0 Å². The summed E-state index contributed by atoms with van der Waals surface area (Å²) in [6, 6.07) is 9.95. The van der Waals surface area contributed by atoms with Gasteiger partial charge in [0.05, 0.1) is 6.54 Å². The minimum absolute atomic E-state index is 0.252. The van der Waals surface area contributed by atoms with Crippen LogP contribution in [0.15, 0.2) is 30.3 Å². The summed E-state index contributed by atoms with van der Waals surface area (Å²) in [5.41, 5.74) is 1.02. The fourth-order valence-corrected chi connectivity index (χ4v) is 2.35. The molecule has 2 fully saturated rings. The molecular weight excluding hydrogens is 236 g/mol. The van der Waals surface area contributed by atoms with Gasteiger partial charge in [0.25, 0.3) is 0 Å². The second-order valence-electron chi connectivity index (χ2n) is 5.91. The molecule has 0 saturated heterocycles. The first-order valence-corrected chi connectivity index (χ1v) is 7.38. The molecule has 102 valence electrons. The van der Waals surface area contributed by atoms with E-state index in [0.717, 1.165) is 30.6 Å². The Hall–Kier alpha value is -1.51. The maximum atomic E-state index is 12.3. The van der Waals surface area contributed by atoms with Crippen LogP contribution in [0.2, 0.25) is 0 Å². The SMILES string of the molecule is O=C(CNc1ccccc1)N(CC1CC1)CC1CC1. The highest BCUT2D eigenvalue weighted by atomic mass is 16.2. The lowest BCUT2D eigenvalue weighted by Crippen LogP contribution is -2.38. The average Bonchev–Trinajstić information content (AvgIpc) is 3.31. The zero-order valence-corrected chi connectivity index (χ0v) is 11.3. The van der Waals surface area contributed by atoms with Crippen LogP contribution in [0.3, 0.4) is 0 Å². The molecule has 1 N–H and O–H groups in total. The summed E-state index contributed by atoms with van der Waals surface area (Å²) in [5.74, 6) is 1.81. The molecule has 1 aromatic carbocycles. The van der Waals surface area contributed by atoms with Gasteiger partial charge >= 0.3 is 0 Å². The van der Waals surface area contributed by atoms with Gasteiger partial charge in [0.2, 0.25) is 5.91 Å². The number of para-hydroxylation sites is 1. The highest BCUT2D eigenvalue weighted by molar-refractivity contribution is 5.81. The topological polar surface area (TPSA) is 32.3 Å². The molecule has 0 aromatic heterocycles. The molecule has 2 aliphatic carbocycles. The second kappa shape index (κ2) is 5.64. The number of carbonyl (C=O) groups is 1. The number of nitrogens with one attached hydrogen (secondary N) is 1. The van der Waals surface area contributed by atoms with E-state index < -0.39 is 0 Å². The lowest BCUT2D eigenvalue weighted by Gasteiger charge is -2.23. The molecular formula is C16H22N2O. The number of benzene rings is 1. The largest absolute Gasteiger partial charge is 0.376 e. The summed E-state index contributed by atoms with van der Waals surface area (Å²) < 4.78 is 0. The van der Waals surface area contributed by atoms with Crippen molar-refractivity contribution in [2.24, 2.45) is 11.8 Å². The molecule has 0 bridgehead atoms. The second-order valence-corrected chi connectivity index (χ2v) is 5.91. The fourth-order valence-electron chi connectivity index (χ4n) is 2.35. The quantitative estimate of drug-likeness (QED) is 0.815. The van der Waals surface area contributed by atoms with E-state index in [0.29, 0.717) is 6.54 Å². The Morgan fingerprint density at radius 1 is 1.05 bits per heavy atom. The van der Waals surface area contributed by atoms with Crippen molar-refractivity contribution < 1.29 is 4.79 Å². The van der Waals surface area contributed by atoms with E-state index in [1.54, 1.807) is 0 Å². The molecule has 2 aliphatic rings. The van der Waals surface area contributed by atoms with Gasteiger partial charge in [-0.15, -0.1) is 0 Å². The van der Waals surface area contributed by atoms with E-state index in [2.05, 4.69) is 10.2 Å². The zero-order valence-electron chi connectivity index (χ0n) is 11.3. The molecule has 3 nitrogen and oxygen atoms in total. The van der Waals surface area contributed by atoms with Gasteiger partial charge in [-0.25, -0.2) is 0 Å². The van der Waals surface area contributed by atoms with Crippen LogP contribution in [-0.4, -0.2) is 30.4 Å². The molecule has 1 amide bonds.